The van der Waals surface area contributed by atoms with E-state index >= 15 is 0 Å². The number of ketones is 1. The molecule has 41 heavy (non-hydrogen) atoms. The fraction of sp³-hybridized carbons (Fsp3) is 0.862. The highest BCUT2D eigenvalue weighted by Gasteiger charge is 2.38. The van der Waals surface area contributed by atoms with Gasteiger partial charge in [0.05, 0.1) is 58.1 Å². The first kappa shape index (κ1) is 37.5. The molecule has 0 aromatic carbocycles. The van der Waals surface area contributed by atoms with Crippen LogP contribution in [-0.2, 0) is 38.1 Å². The highest BCUT2D eigenvalue weighted by Crippen LogP contribution is 2.25. The number of imide groups is 1. The number of nitrogens with one attached hydrogen (secondary N) is 1. The summed E-state index contributed by atoms with van der Waals surface area (Å²) in [7, 11) is 0. The molecule has 1 aliphatic rings. The van der Waals surface area contributed by atoms with Gasteiger partial charge in [-0.1, -0.05) is 19.8 Å². The van der Waals surface area contributed by atoms with Gasteiger partial charge in [0.2, 0.25) is 17.7 Å². The van der Waals surface area contributed by atoms with Crippen molar-refractivity contribution < 1.29 is 38.1 Å². The Hall–Kier alpha value is -1.57. The molecule has 0 aromatic rings. The fourth-order valence-electron chi connectivity index (χ4n) is 4.13. The molecule has 1 atom stereocenters. The molecule has 0 aliphatic carbocycles. The molecule has 1 unspecified atom stereocenters. The Bertz CT molecular complexity index is 728. The van der Waals surface area contributed by atoms with Crippen molar-refractivity contribution in [2.45, 2.75) is 82.8 Å². The number of rotatable bonds is 29. The number of hydrogen-bond acceptors (Lipinski definition) is 10. The SMILES string of the molecule is CCCC(=O)CCCCCN1C(=O)CC(SCCOCCOCCOCCOCCC(=O)NCCCCCN)C1=O. The predicted octanol–water partition coefficient (Wildman–Crippen LogP) is 2.48. The summed E-state index contributed by atoms with van der Waals surface area (Å²) in [5.74, 6) is 0.711. The van der Waals surface area contributed by atoms with Crippen LogP contribution in [-0.4, -0.2) is 112 Å². The monoisotopic (exact) mass is 603 g/mol. The van der Waals surface area contributed by atoms with Crippen molar-refractivity contribution in [3.63, 3.8) is 0 Å². The zero-order valence-electron chi connectivity index (χ0n) is 25.0. The zero-order valence-corrected chi connectivity index (χ0v) is 25.9. The number of carbonyl (C=O) groups excluding carboxylic acids is 4. The summed E-state index contributed by atoms with van der Waals surface area (Å²) < 4.78 is 21.9. The van der Waals surface area contributed by atoms with Gasteiger partial charge in [-0.15, -0.1) is 11.8 Å². The minimum atomic E-state index is -0.330. The van der Waals surface area contributed by atoms with E-state index in [9.17, 15) is 19.2 Å². The van der Waals surface area contributed by atoms with Crippen LogP contribution in [0, 0.1) is 0 Å². The van der Waals surface area contributed by atoms with Crippen LogP contribution < -0.4 is 11.1 Å². The lowest BCUT2D eigenvalue weighted by Crippen LogP contribution is -2.32. The summed E-state index contributed by atoms with van der Waals surface area (Å²) in [5, 5.41) is 2.54. The third-order valence-electron chi connectivity index (χ3n) is 6.41. The minimum Gasteiger partial charge on any atom is -0.379 e. The maximum absolute atomic E-state index is 12.6. The molecule has 12 heteroatoms. The van der Waals surface area contributed by atoms with Crippen molar-refractivity contribution in [3.05, 3.63) is 0 Å². The Labute approximate surface area is 250 Å². The molecule has 1 rings (SSSR count). The van der Waals surface area contributed by atoms with Gasteiger partial charge in [0, 0.05) is 44.5 Å². The first-order valence-electron chi connectivity index (χ1n) is 15.2. The highest BCUT2D eigenvalue weighted by molar-refractivity contribution is 8.00. The molecule has 1 aliphatic heterocycles. The van der Waals surface area contributed by atoms with Crippen molar-refractivity contribution >= 4 is 35.3 Å². The van der Waals surface area contributed by atoms with Crippen LogP contribution >= 0.6 is 11.8 Å². The van der Waals surface area contributed by atoms with Gasteiger partial charge in [0.25, 0.3) is 0 Å². The first-order valence-corrected chi connectivity index (χ1v) is 16.3. The van der Waals surface area contributed by atoms with E-state index < -0.39 is 0 Å². The number of nitrogens with zero attached hydrogens (tertiary/aromatic N) is 1. The van der Waals surface area contributed by atoms with Crippen LogP contribution in [0.2, 0.25) is 0 Å². The average Bonchev–Trinajstić information content (AvgIpc) is 3.22. The van der Waals surface area contributed by atoms with Gasteiger partial charge < -0.3 is 30.0 Å². The molecular formula is C29H53N3O8S. The van der Waals surface area contributed by atoms with Crippen LogP contribution in [0.25, 0.3) is 0 Å². The van der Waals surface area contributed by atoms with E-state index in [-0.39, 0.29) is 35.2 Å². The summed E-state index contributed by atoms with van der Waals surface area (Å²) in [4.78, 5) is 49.4. The van der Waals surface area contributed by atoms with Crippen LogP contribution in [0.1, 0.15) is 77.6 Å². The van der Waals surface area contributed by atoms with Crippen LogP contribution in [0.15, 0.2) is 0 Å². The number of hydrogen-bond donors (Lipinski definition) is 2. The van der Waals surface area contributed by atoms with E-state index in [4.69, 9.17) is 24.7 Å². The van der Waals surface area contributed by atoms with Gasteiger partial charge in [-0.2, -0.15) is 0 Å². The Morgan fingerprint density at radius 2 is 1.46 bits per heavy atom. The van der Waals surface area contributed by atoms with E-state index in [1.54, 1.807) is 0 Å². The molecule has 0 saturated carbocycles. The molecular weight excluding hydrogens is 550 g/mol. The molecule has 1 fully saturated rings. The Kier molecular flexibility index (Phi) is 23.8. The smallest absolute Gasteiger partial charge is 0.242 e. The number of nitrogens with two attached hydrogens (primary N) is 1. The third-order valence-corrected chi connectivity index (χ3v) is 7.58. The number of amides is 3. The second-order valence-corrected chi connectivity index (χ2v) is 11.3. The van der Waals surface area contributed by atoms with E-state index in [1.807, 2.05) is 6.92 Å². The Morgan fingerprint density at radius 3 is 2.12 bits per heavy atom. The molecule has 11 nitrogen and oxygen atoms in total. The largest absolute Gasteiger partial charge is 0.379 e. The fourth-order valence-corrected chi connectivity index (χ4v) is 5.16. The molecule has 1 saturated heterocycles. The number of ether oxygens (including phenoxy) is 4. The molecule has 3 N–H and O–H groups in total. The number of carbonyl (C=O) groups is 4. The first-order chi connectivity index (χ1) is 20.0. The summed E-state index contributed by atoms with van der Waals surface area (Å²) in [6, 6.07) is 0. The summed E-state index contributed by atoms with van der Waals surface area (Å²) in [6.07, 6.45) is 8.05. The lowest BCUT2D eigenvalue weighted by atomic mass is 10.1. The summed E-state index contributed by atoms with van der Waals surface area (Å²) in [5.41, 5.74) is 5.44. The standard InChI is InChI=1S/C29H53N3O8S/c1-2-9-25(33)10-5-3-8-14-32-28(35)24-26(29(32)36)41-23-22-40-21-20-39-19-18-38-17-16-37-15-11-27(34)31-13-7-4-6-12-30/h26H,2-24,30H2,1H3,(H,31,34). The quantitative estimate of drug-likeness (QED) is 0.0966. The minimum absolute atomic E-state index is 0.00285. The van der Waals surface area contributed by atoms with Gasteiger partial charge in [-0.25, -0.2) is 0 Å². The zero-order chi connectivity index (χ0) is 30.0. The van der Waals surface area contributed by atoms with Crippen LogP contribution in [0.3, 0.4) is 0 Å². The van der Waals surface area contributed by atoms with E-state index in [0.717, 1.165) is 44.9 Å². The van der Waals surface area contributed by atoms with Crippen molar-refractivity contribution in [1.29, 1.82) is 0 Å². The maximum atomic E-state index is 12.6. The number of thioether (sulfide) groups is 1. The Morgan fingerprint density at radius 1 is 0.829 bits per heavy atom. The predicted molar refractivity (Wildman–Crippen MR) is 160 cm³/mol. The number of likely N-dealkylation sites (tertiary alicyclic amines) is 1. The van der Waals surface area contributed by atoms with E-state index in [0.29, 0.717) is 97.5 Å². The number of unbranched alkanes of at least 4 members (excludes halogenated alkanes) is 4. The topological polar surface area (TPSA) is 146 Å². The molecule has 1 heterocycles. The lowest BCUT2D eigenvalue weighted by molar-refractivity contribution is -0.138. The van der Waals surface area contributed by atoms with Gasteiger partial charge >= 0.3 is 0 Å². The summed E-state index contributed by atoms with van der Waals surface area (Å²) in [6.45, 7) is 7.34. The second kappa shape index (κ2) is 26.1. The molecule has 3 amide bonds. The molecule has 0 radical (unpaired) electrons. The highest BCUT2D eigenvalue weighted by atomic mass is 32.2. The summed E-state index contributed by atoms with van der Waals surface area (Å²) >= 11 is 1.46. The maximum Gasteiger partial charge on any atom is 0.242 e. The van der Waals surface area contributed by atoms with Crippen molar-refractivity contribution in [2.24, 2.45) is 5.73 Å². The van der Waals surface area contributed by atoms with Gasteiger partial charge in [-0.05, 0) is 38.6 Å². The molecule has 0 aromatic heterocycles. The van der Waals surface area contributed by atoms with Gasteiger partial charge in [-0.3, -0.25) is 24.1 Å². The van der Waals surface area contributed by atoms with Crippen molar-refractivity contribution in [3.8, 4) is 0 Å². The van der Waals surface area contributed by atoms with Crippen LogP contribution in [0.4, 0.5) is 0 Å². The third kappa shape index (κ3) is 20.1. The van der Waals surface area contributed by atoms with Crippen molar-refractivity contribution in [1.82, 2.24) is 10.2 Å². The van der Waals surface area contributed by atoms with Gasteiger partial charge in [0.1, 0.15) is 5.78 Å². The normalized spacial score (nSPS) is 15.2. The average molecular weight is 604 g/mol. The van der Waals surface area contributed by atoms with E-state index in [2.05, 4.69) is 5.32 Å². The van der Waals surface area contributed by atoms with Crippen molar-refractivity contribution in [2.75, 3.05) is 78.2 Å². The van der Waals surface area contributed by atoms with E-state index in [1.165, 1.54) is 16.7 Å². The number of Topliss-reactive ketones (excluding diaryl/α,β-unsaturated/α-hetero) is 1. The van der Waals surface area contributed by atoms with Gasteiger partial charge in [0.15, 0.2) is 0 Å². The molecule has 238 valence electrons. The second-order valence-electron chi connectivity index (χ2n) is 9.95. The van der Waals surface area contributed by atoms with Crippen LogP contribution in [0.5, 0.6) is 0 Å². The Balaban J connectivity index is 1.88. The lowest BCUT2D eigenvalue weighted by Gasteiger charge is -2.14. The molecule has 0 spiro atoms. The molecule has 0 bridgehead atoms.